The minimum Gasteiger partial charge on any atom is -0.478 e. The fourth-order valence-electron chi connectivity index (χ4n) is 1.40. The van der Waals surface area contributed by atoms with Gasteiger partial charge in [-0.25, -0.2) is 8.78 Å². The van der Waals surface area contributed by atoms with E-state index in [9.17, 15) is 13.6 Å². The number of halogens is 2. The molecule has 0 unspecified atom stereocenters. The van der Waals surface area contributed by atoms with Gasteiger partial charge in [0.05, 0.1) is 6.54 Å². The van der Waals surface area contributed by atoms with Gasteiger partial charge in [-0.05, 0) is 30.7 Å². The van der Waals surface area contributed by atoms with Crippen LogP contribution in [0.15, 0.2) is 12.1 Å². The van der Waals surface area contributed by atoms with Crippen molar-refractivity contribution in [2.24, 2.45) is 5.73 Å². The molecule has 0 atom stereocenters. The Kier molecular flexibility index (Phi) is 5.76. The fraction of sp³-hybridized carbons (Fsp3) is 0.308. The minimum atomic E-state index is -0.867. The van der Waals surface area contributed by atoms with Crippen molar-refractivity contribution in [2.45, 2.75) is 6.42 Å². The van der Waals surface area contributed by atoms with Crippen molar-refractivity contribution in [1.29, 1.82) is 0 Å². The molecule has 1 aromatic rings. The minimum absolute atomic E-state index is 0.0304. The number of terminal acetylenes is 1. The normalized spacial score (nSPS) is 9.79. The van der Waals surface area contributed by atoms with Crippen molar-refractivity contribution in [3.63, 3.8) is 0 Å². The van der Waals surface area contributed by atoms with Crippen molar-refractivity contribution in [2.75, 3.05) is 19.7 Å². The number of nitrogens with two attached hydrogens (primary N) is 1. The van der Waals surface area contributed by atoms with Crippen LogP contribution in [0.4, 0.5) is 8.78 Å². The molecular formula is C13H14F2N2O2. The lowest BCUT2D eigenvalue weighted by Gasteiger charge is -2.09. The zero-order chi connectivity index (χ0) is 14.3. The molecule has 1 amide bonds. The summed E-state index contributed by atoms with van der Waals surface area (Å²) >= 11 is 0. The molecule has 0 saturated heterocycles. The van der Waals surface area contributed by atoms with Crippen molar-refractivity contribution in [3.8, 4) is 18.1 Å². The third-order valence-corrected chi connectivity index (χ3v) is 2.23. The van der Waals surface area contributed by atoms with Gasteiger partial charge < -0.3 is 15.8 Å². The van der Waals surface area contributed by atoms with Crippen molar-refractivity contribution in [1.82, 2.24) is 5.32 Å². The summed E-state index contributed by atoms with van der Waals surface area (Å²) in [6, 6.07) is 2.26. The Morgan fingerprint density at radius 2 is 2.05 bits per heavy atom. The second-order valence-corrected chi connectivity index (χ2v) is 3.70. The van der Waals surface area contributed by atoms with Crippen LogP contribution in [0.25, 0.3) is 0 Å². The third kappa shape index (κ3) is 4.56. The number of carbonyl (C=O) groups is 1. The van der Waals surface area contributed by atoms with Gasteiger partial charge in [0.1, 0.15) is 0 Å². The molecule has 0 aliphatic carbocycles. The molecule has 4 nitrogen and oxygen atoms in total. The highest BCUT2D eigenvalue weighted by atomic mass is 19.1. The van der Waals surface area contributed by atoms with E-state index in [-0.39, 0.29) is 13.1 Å². The number of ether oxygens (including phenoxy) is 1. The lowest BCUT2D eigenvalue weighted by atomic mass is 10.1. The number of rotatable bonds is 6. The summed E-state index contributed by atoms with van der Waals surface area (Å²) in [5, 5.41) is 2.31. The first-order valence-electron chi connectivity index (χ1n) is 5.59. The maximum absolute atomic E-state index is 13.6. The number of hydrogen-bond acceptors (Lipinski definition) is 3. The Morgan fingerprint density at radius 1 is 1.42 bits per heavy atom. The second kappa shape index (κ2) is 7.34. The molecule has 0 spiro atoms. The molecule has 0 radical (unpaired) electrons. The fourth-order valence-corrected chi connectivity index (χ4v) is 1.40. The van der Waals surface area contributed by atoms with Crippen LogP contribution in [-0.4, -0.2) is 25.6 Å². The molecule has 0 saturated carbocycles. The van der Waals surface area contributed by atoms with E-state index >= 15 is 0 Å². The average molecular weight is 268 g/mol. The number of hydrogen-bond donors (Lipinski definition) is 2. The third-order valence-electron chi connectivity index (χ3n) is 2.23. The summed E-state index contributed by atoms with van der Waals surface area (Å²) in [6.45, 7) is -0.193. The molecule has 0 fully saturated rings. The van der Waals surface area contributed by atoms with E-state index < -0.39 is 29.9 Å². The highest BCUT2D eigenvalue weighted by Crippen LogP contribution is 2.23. The zero-order valence-electron chi connectivity index (χ0n) is 10.2. The van der Waals surface area contributed by atoms with Gasteiger partial charge in [0.2, 0.25) is 0 Å². The van der Waals surface area contributed by atoms with Crippen LogP contribution in [0.1, 0.15) is 5.56 Å². The van der Waals surface area contributed by atoms with Crippen molar-refractivity contribution < 1.29 is 18.3 Å². The lowest BCUT2D eigenvalue weighted by molar-refractivity contribution is -0.122. The maximum atomic E-state index is 13.6. The first-order chi connectivity index (χ1) is 9.08. The van der Waals surface area contributed by atoms with Gasteiger partial charge in [0.15, 0.2) is 24.0 Å². The van der Waals surface area contributed by atoms with Crippen LogP contribution in [0.5, 0.6) is 5.75 Å². The average Bonchev–Trinajstić information content (AvgIpc) is 2.35. The number of benzene rings is 1. The second-order valence-electron chi connectivity index (χ2n) is 3.70. The monoisotopic (exact) mass is 268 g/mol. The molecule has 6 heteroatoms. The predicted octanol–water partition coefficient (Wildman–Crippen LogP) is 0.594. The van der Waals surface area contributed by atoms with Gasteiger partial charge in [-0.15, -0.1) is 6.42 Å². The van der Waals surface area contributed by atoms with E-state index in [1.807, 2.05) is 0 Å². The van der Waals surface area contributed by atoms with Gasteiger partial charge in [-0.1, -0.05) is 5.92 Å². The van der Waals surface area contributed by atoms with Crippen LogP contribution in [0.2, 0.25) is 0 Å². The molecular weight excluding hydrogens is 254 g/mol. The lowest BCUT2D eigenvalue weighted by Crippen LogP contribution is -2.29. The quantitative estimate of drug-likeness (QED) is 0.742. The first kappa shape index (κ1) is 14.9. The topological polar surface area (TPSA) is 64.3 Å². The Labute approximate surface area is 109 Å². The Hall–Kier alpha value is -2.13. The highest BCUT2D eigenvalue weighted by Gasteiger charge is 2.14. The summed E-state index contributed by atoms with van der Waals surface area (Å²) in [5.74, 6) is -0.681. The van der Waals surface area contributed by atoms with E-state index in [0.717, 1.165) is 12.1 Å². The van der Waals surface area contributed by atoms with Gasteiger partial charge in [0.25, 0.3) is 5.91 Å². The molecule has 0 aliphatic rings. The molecule has 0 aromatic heterocycles. The van der Waals surface area contributed by atoms with Crippen LogP contribution in [0, 0.1) is 24.0 Å². The van der Waals surface area contributed by atoms with E-state index in [0.29, 0.717) is 12.0 Å². The summed E-state index contributed by atoms with van der Waals surface area (Å²) in [5.41, 5.74) is 5.73. The van der Waals surface area contributed by atoms with Crippen LogP contribution in [-0.2, 0) is 11.2 Å². The Bertz CT molecular complexity index is 475. The summed E-state index contributed by atoms with van der Waals surface area (Å²) in [4.78, 5) is 11.2. The Morgan fingerprint density at radius 3 is 2.58 bits per heavy atom. The van der Waals surface area contributed by atoms with Gasteiger partial charge in [-0.3, -0.25) is 4.79 Å². The predicted molar refractivity (Wildman–Crippen MR) is 66.5 cm³/mol. The standard InChI is InChI=1S/C13H14F2N2O2/c1-2-5-17-12(18)8-19-13-10(14)6-9(3-4-16)7-11(13)15/h1,6-7H,3-5,8,16H2,(H,17,18). The van der Waals surface area contributed by atoms with Crippen LogP contribution < -0.4 is 15.8 Å². The molecule has 19 heavy (non-hydrogen) atoms. The van der Waals surface area contributed by atoms with Crippen molar-refractivity contribution >= 4 is 5.91 Å². The Balaban J connectivity index is 2.69. The van der Waals surface area contributed by atoms with Gasteiger partial charge >= 0.3 is 0 Å². The van der Waals surface area contributed by atoms with Crippen molar-refractivity contribution in [3.05, 3.63) is 29.3 Å². The van der Waals surface area contributed by atoms with E-state index in [1.54, 1.807) is 0 Å². The molecule has 3 N–H and O–H groups in total. The zero-order valence-corrected chi connectivity index (χ0v) is 10.2. The van der Waals surface area contributed by atoms with E-state index in [2.05, 4.69) is 11.2 Å². The largest absolute Gasteiger partial charge is 0.478 e. The van der Waals surface area contributed by atoms with E-state index in [4.69, 9.17) is 16.9 Å². The van der Waals surface area contributed by atoms with E-state index in [1.165, 1.54) is 0 Å². The van der Waals surface area contributed by atoms with Gasteiger partial charge in [0, 0.05) is 0 Å². The summed E-state index contributed by atoms with van der Waals surface area (Å²) < 4.78 is 31.9. The SMILES string of the molecule is C#CCNC(=O)COc1c(F)cc(CCN)cc1F. The number of nitrogens with one attached hydrogen (secondary N) is 1. The molecule has 1 aromatic carbocycles. The molecule has 0 aliphatic heterocycles. The van der Waals surface area contributed by atoms with Crippen LogP contribution in [0.3, 0.4) is 0 Å². The van der Waals surface area contributed by atoms with Gasteiger partial charge in [-0.2, -0.15) is 0 Å². The first-order valence-corrected chi connectivity index (χ1v) is 5.59. The summed E-state index contributed by atoms with van der Waals surface area (Å²) in [7, 11) is 0. The summed E-state index contributed by atoms with van der Waals surface area (Å²) in [6.07, 6.45) is 5.30. The molecule has 102 valence electrons. The molecule has 0 heterocycles. The molecule has 1 rings (SSSR count). The van der Waals surface area contributed by atoms with Crippen LogP contribution >= 0.6 is 0 Å². The number of carbonyl (C=O) groups excluding carboxylic acids is 1. The number of amides is 1. The maximum Gasteiger partial charge on any atom is 0.258 e. The molecule has 0 bridgehead atoms. The smallest absolute Gasteiger partial charge is 0.258 e. The highest BCUT2D eigenvalue weighted by molar-refractivity contribution is 5.77.